The van der Waals surface area contributed by atoms with Crippen molar-refractivity contribution in [3.8, 4) is 11.3 Å². The number of hydrogen-bond acceptors (Lipinski definition) is 4. The summed E-state index contributed by atoms with van der Waals surface area (Å²) in [6.07, 6.45) is 0. The third kappa shape index (κ3) is 3.03. The molecular weight excluding hydrogens is 268 g/mol. The van der Waals surface area contributed by atoms with Crippen LogP contribution in [0, 0.1) is 0 Å². The zero-order chi connectivity index (χ0) is 13.8. The lowest BCUT2D eigenvalue weighted by Gasteiger charge is -1.99. The minimum absolute atomic E-state index is 0.754. The van der Waals surface area contributed by atoms with E-state index in [1.54, 1.807) is 11.8 Å². The molecule has 0 bridgehead atoms. The highest BCUT2D eigenvalue weighted by Gasteiger charge is 2.06. The van der Waals surface area contributed by atoms with Gasteiger partial charge in [0.25, 0.3) is 0 Å². The molecule has 2 N–H and O–H groups in total. The summed E-state index contributed by atoms with van der Waals surface area (Å²) in [7, 11) is 0. The number of benzene rings is 2. The van der Waals surface area contributed by atoms with Crippen molar-refractivity contribution in [2.45, 2.75) is 10.6 Å². The van der Waals surface area contributed by atoms with Crippen LogP contribution >= 0.6 is 11.8 Å². The summed E-state index contributed by atoms with van der Waals surface area (Å²) >= 11 is 1.70. The third-order valence-corrected chi connectivity index (χ3v) is 3.92. The molecule has 0 amide bonds. The fourth-order valence-corrected chi connectivity index (χ4v) is 2.62. The lowest BCUT2D eigenvalue weighted by molar-refractivity contribution is 0.397. The van der Waals surface area contributed by atoms with Crippen LogP contribution in [0.5, 0.6) is 0 Å². The summed E-state index contributed by atoms with van der Waals surface area (Å²) in [6, 6.07) is 19.8. The number of aromatic nitrogens is 1. The molecule has 3 rings (SSSR count). The van der Waals surface area contributed by atoms with Crippen LogP contribution in [0.2, 0.25) is 0 Å². The van der Waals surface area contributed by atoms with E-state index in [-0.39, 0.29) is 0 Å². The normalized spacial score (nSPS) is 10.6. The van der Waals surface area contributed by atoms with Crippen molar-refractivity contribution in [3.05, 3.63) is 66.4 Å². The molecule has 1 heterocycles. The zero-order valence-corrected chi connectivity index (χ0v) is 11.6. The van der Waals surface area contributed by atoms with E-state index in [0.717, 1.165) is 33.4 Å². The Morgan fingerprint density at radius 1 is 1.00 bits per heavy atom. The molecular formula is C16H14N2OS. The maximum atomic E-state index is 5.66. The Morgan fingerprint density at radius 3 is 2.50 bits per heavy atom. The molecule has 0 aliphatic rings. The highest BCUT2D eigenvalue weighted by molar-refractivity contribution is 7.98. The van der Waals surface area contributed by atoms with Crippen LogP contribution in [0.4, 0.5) is 5.69 Å². The number of rotatable bonds is 4. The maximum absolute atomic E-state index is 5.66. The minimum atomic E-state index is 0.754. The quantitative estimate of drug-likeness (QED) is 0.575. The highest BCUT2D eigenvalue weighted by Crippen LogP contribution is 2.26. The fraction of sp³-hybridized carbons (Fsp3) is 0.0625. The second-order valence-electron chi connectivity index (χ2n) is 4.40. The molecule has 0 radical (unpaired) electrons. The predicted molar refractivity (Wildman–Crippen MR) is 82.4 cm³/mol. The van der Waals surface area contributed by atoms with Crippen molar-refractivity contribution >= 4 is 17.4 Å². The van der Waals surface area contributed by atoms with Crippen molar-refractivity contribution in [1.82, 2.24) is 5.16 Å². The van der Waals surface area contributed by atoms with Gasteiger partial charge >= 0.3 is 0 Å². The second kappa shape index (κ2) is 5.84. The van der Waals surface area contributed by atoms with Crippen LogP contribution in [-0.4, -0.2) is 5.16 Å². The van der Waals surface area contributed by atoms with Crippen LogP contribution < -0.4 is 5.73 Å². The number of hydrogen-bond donors (Lipinski definition) is 1. The van der Waals surface area contributed by atoms with Crippen molar-refractivity contribution in [2.75, 3.05) is 5.73 Å². The summed E-state index contributed by atoms with van der Waals surface area (Å²) in [5.74, 6) is 1.62. The van der Waals surface area contributed by atoms with Gasteiger partial charge in [-0.25, -0.2) is 0 Å². The third-order valence-electron chi connectivity index (χ3n) is 2.89. The van der Waals surface area contributed by atoms with E-state index in [9.17, 15) is 0 Å². The standard InChI is InChI=1S/C16H14N2OS/c17-13-6-8-15(9-7-13)20-11-14-10-16(18-19-14)12-4-2-1-3-5-12/h1-10H,11,17H2. The largest absolute Gasteiger partial charge is 0.399 e. The Labute approximate surface area is 121 Å². The molecule has 100 valence electrons. The summed E-state index contributed by atoms with van der Waals surface area (Å²) in [5.41, 5.74) is 8.39. The Kier molecular flexibility index (Phi) is 3.74. The van der Waals surface area contributed by atoms with Gasteiger partial charge in [0.1, 0.15) is 11.5 Å². The minimum Gasteiger partial charge on any atom is -0.399 e. The molecule has 20 heavy (non-hydrogen) atoms. The van der Waals surface area contributed by atoms with Gasteiger partial charge in [0, 0.05) is 22.2 Å². The van der Waals surface area contributed by atoms with Crippen molar-refractivity contribution in [3.63, 3.8) is 0 Å². The lowest BCUT2D eigenvalue weighted by Crippen LogP contribution is -1.83. The summed E-state index contributed by atoms with van der Waals surface area (Å²) in [4.78, 5) is 1.16. The molecule has 0 atom stereocenters. The van der Waals surface area contributed by atoms with E-state index in [1.807, 2.05) is 60.7 Å². The van der Waals surface area contributed by atoms with Gasteiger partial charge in [0.05, 0.1) is 5.75 Å². The van der Waals surface area contributed by atoms with Gasteiger partial charge in [-0.3, -0.25) is 0 Å². The smallest absolute Gasteiger partial charge is 0.147 e. The molecule has 3 nitrogen and oxygen atoms in total. The molecule has 0 saturated carbocycles. The summed E-state index contributed by atoms with van der Waals surface area (Å²) in [5, 5.41) is 4.10. The van der Waals surface area contributed by atoms with Gasteiger partial charge in [-0.05, 0) is 24.3 Å². The molecule has 3 aromatic rings. The molecule has 4 heteroatoms. The van der Waals surface area contributed by atoms with Crippen LogP contribution in [0.1, 0.15) is 5.76 Å². The maximum Gasteiger partial charge on any atom is 0.147 e. The zero-order valence-electron chi connectivity index (χ0n) is 10.8. The van der Waals surface area contributed by atoms with Crippen LogP contribution in [-0.2, 0) is 5.75 Å². The van der Waals surface area contributed by atoms with Gasteiger partial charge in [-0.15, -0.1) is 11.8 Å². The predicted octanol–water partition coefficient (Wildman–Crippen LogP) is 4.22. The number of anilines is 1. The molecule has 0 aliphatic heterocycles. The second-order valence-corrected chi connectivity index (χ2v) is 5.45. The fourth-order valence-electron chi connectivity index (χ4n) is 1.84. The van der Waals surface area contributed by atoms with Gasteiger partial charge in [-0.2, -0.15) is 0 Å². The first kappa shape index (κ1) is 12.8. The first-order chi connectivity index (χ1) is 9.81. The highest BCUT2D eigenvalue weighted by atomic mass is 32.2. The molecule has 0 spiro atoms. The average molecular weight is 282 g/mol. The first-order valence-corrected chi connectivity index (χ1v) is 7.29. The molecule has 0 unspecified atom stereocenters. The number of thioether (sulfide) groups is 1. The topological polar surface area (TPSA) is 52.0 Å². The molecule has 0 fully saturated rings. The Morgan fingerprint density at radius 2 is 1.75 bits per heavy atom. The Bertz CT molecular complexity index is 677. The van der Waals surface area contributed by atoms with Crippen molar-refractivity contribution < 1.29 is 4.52 Å². The van der Waals surface area contributed by atoms with Crippen molar-refractivity contribution in [1.29, 1.82) is 0 Å². The van der Waals surface area contributed by atoms with E-state index >= 15 is 0 Å². The Hall–Kier alpha value is -2.20. The number of nitrogens with zero attached hydrogens (tertiary/aromatic N) is 1. The monoisotopic (exact) mass is 282 g/mol. The number of nitrogen functional groups attached to an aromatic ring is 1. The molecule has 0 saturated heterocycles. The molecule has 1 aromatic heterocycles. The van der Waals surface area contributed by atoms with E-state index in [0.29, 0.717) is 0 Å². The van der Waals surface area contributed by atoms with Gasteiger partial charge in [0.2, 0.25) is 0 Å². The summed E-state index contributed by atoms with van der Waals surface area (Å²) in [6.45, 7) is 0. The van der Waals surface area contributed by atoms with Crippen LogP contribution in [0.25, 0.3) is 11.3 Å². The first-order valence-electron chi connectivity index (χ1n) is 6.30. The van der Waals surface area contributed by atoms with E-state index in [2.05, 4.69) is 5.16 Å². The van der Waals surface area contributed by atoms with Gasteiger partial charge < -0.3 is 10.3 Å². The van der Waals surface area contributed by atoms with E-state index in [4.69, 9.17) is 10.3 Å². The molecule has 0 aliphatic carbocycles. The van der Waals surface area contributed by atoms with E-state index < -0.39 is 0 Å². The van der Waals surface area contributed by atoms with Crippen LogP contribution in [0.15, 0.2) is 70.1 Å². The molecule has 2 aromatic carbocycles. The summed E-state index contributed by atoms with van der Waals surface area (Å²) < 4.78 is 5.37. The van der Waals surface area contributed by atoms with Crippen LogP contribution in [0.3, 0.4) is 0 Å². The SMILES string of the molecule is Nc1ccc(SCc2cc(-c3ccccc3)no2)cc1. The van der Waals surface area contributed by atoms with Crippen molar-refractivity contribution in [2.24, 2.45) is 0 Å². The average Bonchev–Trinajstić information content (AvgIpc) is 2.97. The van der Waals surface area contributed by atoms with E-state index in [1.165, 1.54) is 0 Å². The van der Waals surface area contributed by atoms with Gasteiger partial charge in [0.15, 0.2) is 0 Å². The van der Waals surface area contributed by atoms with Gasteiger partial charge in [-0.1, -0.05) is 35.5 Å². The Balaban J connectivity index is 1.67. The lowest BCUT2D eigenvalue weighted by atomic mass is 10.1. The number of nitrogens with two attached hydrogens (primary N) is 1.